The van der Waals surface area contributed by atoms with E-state index in [1.807, 2.05) is 58.1 Å². The smallest absolute Gasteiger partial charge is 0.257 e. The highest BCUT2D eigenvalue weighted by Gasteiger charge is 2.24. The number of nitrogens with zero attached hydrogens (tertiary/aromatic N) is 3. The summed E-state index contributed by atoms with van der Waals surface area (Å²) in [6.45, 7) is 6.70. The number of aromatic nitrogens is 2. The molecule has 4 rings (SSSR count). The number of carbonyl (C=O) groups is 1. The number of pyridine rings is 1. The first-order valence-corrected chi connectivity index (χ1v) is 9.29. The Balaban J connectivity index is 1.51. The quantitative estimate of drug-likeness (QED) is 0.773. The van der Waals surface area contributed by atoms with Crippen molar-refractivity contribution in [1.82, 2.24) is 19.6 Å². The summed E-state index contributed by atoms with van der Waals surface area (Å²) in [7, 11) is 0. The summed E-state index contributed by atoms with van der Waals surface area (Å²) in [5, 5.41) is 3.36. The van der Waals surface area contributed by atoms with E-state index in [1.165, 1.54) is 5.56 Å². The van der Waals surface area contributed by atoms with Gasteiger partial charge in [-0.3, -0.25) is 4.79 Å². The predicted octanol–water partition coefficient (Wildman–Crippen LogP) is 2.66. The zero-order chi connectivity index (χ0) is 18.8. The molecule has 6 nitrogen and oxygen atoms in total. The topological polar surface area (TPSA) is 58.9 Å². The molecule has 2 aromatic heterocycles. The van der Waals surface area contributed by atoms with Crippen LogP contribution in [0.3, 0.4) is 0 Å². The fraction of sp³-hybridized carbons (Fsp3) is 0.333. The van der Waals surface area contributed by atoms with E-state index in [0.29, 0.717) is 37.1 Å². The Morgan fingerprint density at radius 3 is 2.96 bits per heavy atom. The van der Waals surface area contributed by atoms with E-state index in [2.05, 4.69) is 24.1 Å². The number of rotatable bonds is 4. The lowest BCUT2D eigenvalue weighted by Crippen LogP contribution is -2.51. The maximum atomic E-state index is 13.0. The molecule has 27 heavy (non-hydrogen) atoms. The van der Waals surface area contributed by atoms with Gasteiger partial charge in [-0.2, -0.15) is 0 Å². The van der Waals surface area contributed by atoms with Crippen LogP contribution in [-0.4, -0.2) is 45.9 Å². The zero-order valence-corrected chi connectivity index (χ0v) is 15.7. The third-order valence-electron chi connectivity index (χ3n) is 4.80. The molecule has 1 aliphatic rings. The van der Waals surface area contributed by atoms with Gasteiger partial charge >= 0.3 is 0 Å². The van der Waals surface area contributed by atoms with Gasteiger partial charge in [0, 0.05) is 38.1 Å². The Labute approximate surface area is 158 Å². The summed E-state index contributed by atoms with van der Waals surface area (Å²) in [5.41, 5.74) is 3.50. The SMILES string of the molecule is Cc1ccc2nc(COc3ccccc3C(=O)N3CCNC(C)C3)cn2c1. The first-order chi connectivity index (χ1) is 13.1. The van der Waals surface area contributed by atoms with Crippen molar-refractivity contribution in [2.75, 3.05) is 19.6 Å². The Hall–Kier alpha value is -2.86. The highest BCUT2D eigenvalue weighted by Crippen LogP contribution is 2.22. The number of hydrogen-bond donors (Lipinski definition) is 1. The van der Waals surface area contributed by atoms with Gasteiger partial charge < -0.3 is 19.4 Å². The summed E-state index contributed by atoms with van der Waals surface area (Å²) < 4.78 is 7.98. The highest BCUT2D eigenvalue weighted by molar-refractivity contribution is 5.97. The Morgan fingerprint density at radius 1 is 1.26 bits per heavy atom. The zero-order valence-electron chi connectivity index (χ0n) is 15.7. The van der Waals surface area contributed by atoms with E-state index in [-0.39, 0.29) is 5.91 Å². The van der Waals surface area contributed by atoms with Crippen molar-refractivity contribution in [2.24, 2.45) is 0 Å². The number of imidazole rings is 1. The molecule has 1 aliphatic heterocycles. The van der Waals surface area contributed by atoms with Crippen LogP contribution in [0.25, 0.3) is 5.65 Å². The van der Waals surface area contributed by atoms with E-state index in [1.54, 1.807) is 0 Å². The summed E-state index contributed by atoms with van der Waals surface area (Å²) in [5.74, 6) is 0.617. The van der Waals surface area contributed by atoms with Crippen LogP contribution >= 0.6 is 0 Å². The van der Waals surface area contributed by atoms with Gasteiger partial charge in [0.1, 0.15) is 18.0 Å². The summed E-state index contributed by atoms with van der Waals surface area (Å²) >= 11 is 0. The average Bonchev–Trinajstić information content (AvgIpc) is 3.08. The monoisotopic (exact) mass is 364 g/mol. The molecule has 0 bridgehead atoms. The Morgan fingerprint density at radius 2 is 2.11 bits per heavy atom. The van der Waals surface area contributed by atoms with E-state index < -0.39 is 0 Å². The molecule has 3 aromatic rings. The molecular formula is C21H24N4O2. The normalized spacial score (nSPS) is 17.3. The average molecular weight is 364 g/mol. The number of carbonyl (C=O) groups excluding carboxylic acids is 1. The minimum absolute atomic E-state index is 0.0181. The lowest BCUT2D eigenvalue weighted by Gasteiger charge is -2.32. The van der Waals surface area contributed by atoms with Crippen molar-refractivity contribution in [3.63, 3.8) is 0 Å². The van der Waals surface area contributed by atoms with Gasteiger partial charge in [0.05, 0.1) is 11.3 Å². The van der Waals surface area contributed by atoms with Crippen molar-refractivity contribution in [2.45, 2.75) is 26.5 Å². The van der Waals surface area contributed by atoms with Crippen molar-refractivity contribution < 1.29 is 9.53 Å². The van der Waals surface area contributed by atoms with Crippen molar-refractivity contribution in [3.8, 4) is 5.75 Å². The summed E-state index contributed by atoms with van der Waals surface area (Å²) in [6, 6.07) is 11.8. The second-order valence-corrected chi connectivity index (χ2v) is 7.10. The molecule has 1 amide bonds. The molecule has 140 valence electrons. The second-order valence-electron chi connectivity index (χ2n) is 7.10. The van der Waals surface area contributed by atoms with Gasteiger partial charge in [-0.15, -0.1) is 0 Å². The Bertz CT molecular complexity index is 966. The van der Waals surface area contributed by atoms with Crippen LogP contribution in [0.5, 0.6) is 5.75 Å². The van der Waals surface area contributed by atoms with Crippen molar-refractivity contribution in [1.29, 1.82) is 0 Å². The molecule has 0 radical (unpaired) electrons. The molecule has 3 heterocycles. The van der Waals surface area contributed by atoms with E-state index in [0.717, 1.165) is 17.9 Å². The standard InChI is InChI=1S/C21H24N4O2/c1-15-7-8-20-23-17(13-25(20)11-15)14-27-19-6-4-3-5-18(19)21(26)24-10-9-22-16(2)12-24/h3-8,11,13,16,22H,9-10,12,14H2,1-2H3. The fourth-order valence-corrected chi connectivity index (χ4v) is 3.43. The molecule has 1 unspecified atom stereocenters. The number of aryl methyl sites for hydroxylation is 1. The van der Waals surface area contributed by atoms with Crippen LogP contribution < -0.4 is 10.1 Å². The van der Waals surface area contributed by atoms with Crippen molar-refractivity contribution in [3.05, 3.63) is 65.6 Å². The maximum Gasteiger partial charge on any atom is 0.257 e. The van der Waals surface area contributed by atoms with Crippen LogP contribution in [0.4, 0.5) is 0 Å². The largest absolute Gasteiger partial charge is 0.486 e. The molecule has 1 saturated heterocycles. The third-order valence-corrected chi connectivity index (χ3v) is 4.80. The molecule has 0 aliphatic carbocycles. The van der Waals surface area contributed by atoms with Gasteiger partial charge in [0.2, 0.25) is 0 Å². The van der Waals surface area contributed by atoms with Gasteiger partial charge in [-0.05, 0) is 37.6 Å². The number of para-hydroxylation sites is 1. The Kier molecular flexibility index (Phi) is 4.81. The first kappa shape index (κ1) is 17.5. The van der Waals surface area contributed by atoms with Gasteiger partial charge in [-0.25, -0.2) is 4.98 Å². The molecule has 1 fully saturated rings. The number of nitrogens with one attached hydrogen (secondary N) is 1. The van der Waals surface area contributed by atoms with Crippen LogP contribution in [-0.2, 0) is 6.61 Å². The number of benzene rings is 1. The van der Waals surface area contributed by atoms with Gasteiger partial charge in [0.25, 0.3) is 5.91 Å². The molecule has 6 heteroatoms. The molecule has 0 spiro atoms. The molecule has 1 aromatic carbocycles. The third kappa shape index (κ3) is 3.80. The van der Waals surface area contributed by atoms with E-state index in [4.69, 9.17) is 4.74 Å². The minimum Gasteiger partial charge on any atom is -0.486 e. The van der Waals surface area contributed by atoms with E-state index >= 15 is 0 Å². The van der Waals surface area contributed by atoms with Crippen LogP contribution in [0, 0.1) is 6.92 Å². The summed E-state index contributed by atoms with van der Waals surface area (Å²) in [6.07, 6.45) is 4.00. The minimum atomic E-state index is 0.0181. The maximum absolute atomic E-state index is 13.0. The van der Waals surface area contributed by atoms with Crippen LogP contribution in [0.2, 0.25) is 0 Å². The molecule has 1 N–H and O–H groups in total. The molecule has 0 saturated carbocycles. The van der Waals surface area contributed by atoms with Gasteiger partial charge in [-0.1, -0.05) is 18.2 Å². The van der Waals surface area contributed by atoms with Crippen LogP contribution in [0.1, 0.15) is 28.5 Å². The predicted molar refractivity (Wildman–Crippen MR) is 104 cm³/mol. The number of fused-ring (bicyclic) bond motifs is 1. The number of amides is 1. The lowest BCUT2D eigenvalue weighted by atomic mass is 10.1. The fourth-order valence-electron chi connectivity index (χ4n) is 3.43. The first-order valence-electron chi connectivity index (χ1n) is 9.29. The summed E-state index contributed by atoms with van der Waals surface area (Å²) in [4.78, 5) is 19.4. The van der Waals surface area contributed by atoms with Crippen molar-refractivity contribution >= 4 is 11.6 Å². The molecule has 1 atom stereocenters. The number of ether oxygens (including phenoxy) is 1. The number of hydrogen-bond acceptors (Lipinski definition) is 4. The lowest BCUT2D eigenvalue weighted by molar-refractivity contribution is 0.0704. The van der Waals surface area contributed by atoms with Crippen LogP contribution in [0.15, 0.2) is 48.8 Å². The van der Waals surface area contributed by atoms with E-state index in [9.17, 15) is 4.79 Å². The van der Waals surface area contributed by atoms with Gasteiger partial charge in [0.15, 0.2) is 0 Å². The number of piperazine rings is 1. The molecular weight excluding hydrogens is 340 g/mol. The highest BCUT2D eigenvalue weighted by atomic mass is 16.5. The second kappa shape index (κ2) is 7.40.